The van der Waals surface area contributed by atoms with E-state index in [2.05, 4.69) is 15.0 Å². The molecule has 0 radical (unpaired) electrons. The molecular weight excluding hydrogens is 289 g/mol. The van der Waals surface area contributed by atoms with Crippen LogP contribution in [0.4, 0.5) is 5.82 Å². The molecule has 1 atom stereocenters. The van der Waals surface area contributed by atoms with Crippen LogP contribution in [0.2, 0.25) is 0 Å². The quantitative estimate of drug-likeness (QED) is 0.502. The summed E-state index contributed by atoms with van der Waals surface area (Å²) < 4.78 is 11.8. The van der Waals surface area contributed by atoms with Crippen LogP contribution in [0.25, 0.3) is 11.2 Å². The first kappa shape index (κ1) is 14.4. The van der Waals surface area contributed by atoms with Crippen molar-refractivity contribution in [2.75, 3.05) is 12.3 Å². The van der Waals surface area contributed by atoms with Crippen molar-refractivity contribution in [3.63, 3.8) is 0 Å². The molecule has 2 heterocycles. The highest BCUT2D eigenvalue weighted by molar-refractivity contribution is 7.55. The summed E-state index contributed by atoms with van der Waals surface area (Å²) in [5.41, 5.74) is 6.27. The second-order valence-electron chi connectivity index (χ2n) is 3.80. The molecule has 0 aromatic carbocycles. The molecule has 10 nitrogen and oxygen atoms in total. The molecule has 0 amide bonds. The number of nitrogens with zero attached hydrogens (tertiary/aromatic N) is 4. The summed E-state index contributed by atoms with van der Waals surface area (Å²) in [5.74, 6) is 0.798. The van der Waals surface area contributed by atoms with Crippen LogP contribution in [0.5, 0.6) is 0 Å². The van der Waals surface area contributed by atoms with Gasteiger partial charge >= 0.3 is 7.60 Å². The second-order valence-corrected chi connectivity index (χ2v) is 5.27. The number of aromatic nitrogens is 4. The van der Waals surface area contributed by atoms with Gasteiger partial charge in [-0.2, -0.15) is 4.73 Å². The normalized spacial score (nSPS) is 13.9. The molecule has 0 bridgehead atoms. The monoisotopic (exact) mass is 301 g/mol. The van der Waals surface area contributed by atoms with Gasteiger partial charge in [-0.25, -0.2) is 15.0 Å². The predicted molar refractivity (Wildman–Crippen MR) is 68.4 cm³/mol. The Kier molecular flexibility index (Phi) is 4.00. The lowest BCUT2D eigenvalue weighted by molar-refractivity contribution is 0.0516. The maximum Gasteiger partial charge on any atom is 0.348 e. The average molecular weight is 301 g/mol. The lowest BCUT2D eigenvalue weighted by Gasteiger charge is -2.09. The molecule has 0 spiro atoms. The summed E-state index contributed by atoms with van der Waals surface area (Å²) >= 11 is 0. The van der Waals surface area contributed by atoms with E-state index < -0.39 is 13.7 Å². The molecule has 11 heteroatoms. The molecule has 20 heavy (non-hydrogen) atoms. The second kappa shape index (κ2) is 5.55. The zero-order valence-electron chi connectivity index (χ0n) is 10.1. The minimum atomic E-state index is -4.30. The highest BCUT2D eigenvalue weighted by atomic mass is 31.2. The van der Waals surface area contributed by atoms with Gasteiger partial charge in [0.15, 0.2) is 11.3 Å². The first-order valence-electron chi connectivity index (χ1n) is 5.36. The Morgan fingerprint density at radius 1 is 1.45 bits per heavy atom. The summed E-state index contributed by atoms with van der Waals surface area (Å²) in [7, 11) is -4.30. The largest absolute Gasteiger partial charge is 0.408 e. The van der Waals surface area contributed by atoms with Crippen molar-refractivity contribution in [3.05, 3.63) is 24.5 Å². The van der Waals surface area contributed by atoms with Crippen LogP contribution >= 0.6 is 7.60 Å². The molecular formula is C9H12N5O5P. The van der Waals surface area contributed by atoms with Crippen LogP contribution in [0.15, 0.2) is 24.5 Å². The zero-order valence-corrected chi connectivity index (χ0v) is 11.0. The smallest absolute Gasteiger partial charge is 0.348 e. The molecule has 108 valence electrons. The fourth-order valence-corrected chi connectivity index (χ4v) is 1.77. The minimum absolute atomic E-state index is 0.194. The van der Waals surface area contributed by atoms with Gasteiger partial charge in [-0.05, 0) is 6.08 Å². The highest BCUT2D eigenvalue weighted by Crippen LogP contribution is 2.35. The topological polar surface area (TPSA) is 157 Å². The number of fused-ring (bicyclic) bond motifs is 1. The minimum Gasteiger partial charge on any atom is -0.408 e. The van der Waals surface area contributed by atoms with E-state index >= 15 is 0 Å². The van der Waals surface area contributed by atoms with Crippen LogP contribution in [0.3, 0.4) is 0 Å². The standard InChI is InChI=1S/C9H12N5O5P/c10-8-7-9(12-4-11-8)14(5-13-7)19-3-6(15)1-2-20(16,17)18/h1-2,4-6,15H,3H2,(H2,10,11,12)(H2,16,17,18)/b2-1+/t6-/m1/s1. The van der Waals surface area contributed by atoms with Crippen molar-refractivity contribution < 1.29 is 24.3 Å². The van der Waals surface area contributed by atoms with Crippen LogP contribution in [0.1, 0.15) is 0 Å². The van der Waals surface area contributed by atoms with E-state index in [0.717, 1.165) is 6.08 Å². The van der Waals surface area contributed by atoms with Crippen molar-refractivity contribution in [1.29, 1.82) is 0 Å². The number of hydrogen-bond acceptors (Lipinski definition) is 7. The third kappa shape index (κ3) is 3.52. The van der Waals surface area contributed by atoms with Gasteiger partial charge in [0.05, 0.1) is 0 Å². The molecule has 0 aliphatic carbocycles. The van der Waals surface area contributed by atoms with Crippen molar-refractivity contribution >= 4 is 24.6 Å². The lowest BCUT2D eigenvalue weighted by atomic mass is 10.4. The Labute approximate surface area is 112 Å². The molecule has 0 unspecified atom stereocenters. The molecule has 0 aliphatic rings. The van der Waals surface area contributed by atoms with Crippen molar-refractivity contribution in [2.24, 2.45) is 0 Å². The van der Waals surface area contributed by atoms with Gasteiger partial charge in [0.1, 0.15) is 25.4 Å². The van der Waals surface area contributed by atoms with E-state index in [1.165, 1.54) is 17.4 Å². The van der Waals surface area contributed by atoms with E-state index in [9.17, 15) is 9.67 Å². The summed E-state index contributed by atoms with van der Waals surface area (Å²) in [4.78, 5) is 34.1. The summed E-state index contributed by atoms with van der Waals surface area (Å²) in [6, 6.07) is 0. The maximum absolute atomic E-state index is 10.6. The van der Waals surface area contributed by atoms with E-state index in [1.807, 2.05) is 0 Å². The summed E-state index contributed by atoms with van der Waals surface area (Å²) in [6.45, 7) is -0.244. The van der Waals surface area contributed by atoms with Gasteiger partial charge in [0.25, 0.3) is 0 Å². The summed E-state index contributed by atoms with van der Waals surface area (Å²) in [6.07, 6.45) is 2.29. The van der Waals surface area contributed by atoms with Gasteiger partial charge < -0.3 is 25.5 Å². The third-order valence-electron chi connectivity index (χ3n) is 2.22. The van der Waals surface area contributed by atoms with Crippen molar-refractivity contribution in [2.45, 2.75) is 6.10 Å². The van der Waals surface area contributed by atoms with E-state index in [0.29, 0.717) is 17.0 Å². The first-order chi connectivity index (χ1) is 9.37. The molecule has 0 fully saturated rings. The average Bonchev–Trinajstić information content (AvgIpc) is 2.78. The van der Waals surface area contributed by atoms with Gasteiger partial charge in [0.2, 0.25) is 5.65 Å². The Morgan fingerprint density at radius 2 is 2.20 bits per heavy atom. The molecule has 2 aromatic heterocycles. The van der Waals surface area contributed by atoms with Crippen molar-refractivity contribution in [3.8, 4) is 0 Å². The van der Waals surface area contributed by atoms with Crippen LogP contribution < -0.4 is 10.6 Å². The number of hydrogen-bond donors (Lipinski definition) is 4. The zero-order chi connectivity index (χ0) is 14.8. The van der Waals surface area contributed by atoms with Gasteiger partial charge in [-0.15, -0.1) is 0 Å². The van der Waals surface area contributed by atoms with Crippen LogP contribution in [0, 0.1) is 0 Å². The van der Waals surface area contributed by atoms with E-state index in [-0.39, 0.29) is 12.4 Å². The number of anilines is 1. The Balaban J connectivity index is 2.05. The molecule has 0 saturated carbocycles. The van der Waals surface area contributed by atoms with Gasteiger partial charge in [-0.1, -0.05) is 0 Å². The molecule has 0 aliphatic heterocycles. The fourth-order valence-electron chi connectivity index (χ4n) is 1.35. The molecule has 2 aromatic rings. The Morgan fingerprint density at radius 3 is 2.90 bits per heavy atom. The third-order valence-corrected chi connectivity index (χ3v) is 2.78. The van der Waals surface area contributed by atoms with Gasteiger partial charge in [0, 0.05) is 5.82 Å². The fraction of sp³-hybridized carbons (Fsp3) is 0.222. The number of nitrogens with two attached hydrogens (primary N) is 1. The SMILES string of the molecule is Nc1ncnc2c1ncn2OC[C@H](O)/C=C/P(=O)(O)O. The number of aliphatic hydroxyl groups is 1. The maximum atomic E-state index is 10.6. The first-order valence-corrected chi connectivity index (χ1v) is 7.04. The number of aliphatic hydroxyl groups excluding tert-OH is 1. The molecule has 0 saturated heterocycles. The molecule has 2 rings (SSSR count). The lowest BCUT2D eigenvalue weighted by Crippen LogP contribution is -2.22. The Hall–Kier alpha value is -2.00. The van der Waals surface area contributed by atoms with Crippen molar-refractivity contribution in [1.82, 2.24) is 19.7 Å². The number of rotatable bonds is 5. The van der Waals surface area contributed by atoms with E-state index in [1.54, 1.807) is 0 Å². The highest BCUT2D eigenvalue weighted by Gasteiger charge is 2.11. The van der Waals surface area contributed by atoms with Crippen LogP contribution in [-0.2, 0) is 4.57 Å². The molecule has 5 N–H and O–H groups in total. The van der Waals surface area contributed by atoms with E-state index in [4.69, 9.17) is 20.4 Å². The van der Waals surface area contributed by atoms with Crippen LogP contribution in [-0.4, -0.2) is 47.3 Å². The van der Waals surface area contributed by atoms with Gasteiger partial charge in [-0.3, -0.25) is 4.57 Å². The number of nitrogen functional groups attached to an aromatic ring is 1. The number of imidazole rings is 1. The Bertz CT molecular complexity index is 680. The summed E-state index contributed by atoms with van der Waals surface area (Å²) in [5, 5.41) is 9.49. The predicted octanol–water partition coefficient (Wildman–Crippen LogP) is -1.11.